The lowest BCUT2D eigenvalue weighted by atomic mass is 9.96. The standard InChI is InChI=1S/C12H22N4S/c1-11(2,3)9-14-10(17-15-9)16-7-6-13-8-12(16,4)5/h13H,6-8H2,1-5H3. The van der Waals surface area contributed by atoms with Gasteiger partial charge in [0.15, 0.2) is 0 Å². The Morgan fingerprint density at radius 3 is 2.59 bits per heavy atom. The fourth-order valence-corrected chi connectivity index (χ4v) is 3.01. The van der Waals surface area contributed by atoms with Gasteiger partial charge in [-0.3, -0.25) is 0 Å². The molecule has 2 rings (SSSR count). The van der Waals surface area contributed by atoms with Crippen molar-refractivity contribution in [3.8, 4) is 0 Å². The monoisotopic (exact) mass is 254 g/mol. The molecule has 1 aliphatic heterocycles. The summed E-state index contributed by atoms with van der Waals surface area (Å²) in [6.45, 7) is 14.0. The highest BCUT2D eigenvalue weighted by Crippen LogP contribution is 2.30. The zero-order chi connectivity index (χ0) is 12.7. The summed E-state index contributed by atoms with van der Waals surface area (Å²) in [4.78, 5) is 7.08. The van der Waals surface area contributed by atoms with E-state index < -0.39 is 0 Å². The summed E-state index contributed by atoms with van der Waals surface area (Å²) in [5.41, 5.74) is 0.153. The summed E-state index contributed by atoms with van der Waals surface area (Å²) in [7, 11) is 0. The fraction of sp³-hybridized carbons (Fsp3) is 0.833. The minimum absolute atomic E-state index is 0.0347. The Balaban J connectivity index is 2.25. The van der Waals surface area contributed by atoms with Crippen molar-refractivity contribution in [2.45, 2.75) is 45.6 Å². The molecule has 0 unspecified atom stereocenters. The highest BCUT2D eigenvalue weighted by molar-refractivity contribution is 7.09. The number of aromatic nitrogens is 2. The molecule has 96 valence electrons. The Labute approximate surface area is 108 Å². The number of nitrogens with zero attached hydrogens (tertiary/aromatic N) is 3. The van der Waals surface area contributed by atoms with Gasteiger partial charge >= 0.3 is 0 Å². The first kappa shape index (κ1) is 12.8. The molecule has 0 radical (unpaired) electrons. The molecule has 4 nitrogen and oxygen atoms in total. The molecule has 17 heavy (non-hydrogen) atoms. The van der Waals surface area contributed by atoms with Gasteiger partial charge in [-0.15, -0.1) is 0 Å². The molecule has 0 aromatic carbocycles. The number of nitrogens with one attached hydrogen (secondary N) is 1. The van der Waals surface area contributed by atoms with E-state index in [0.717, 1.165) is 30.6 Å². The summed E-state index contributed by atoms with van der Waals surface area (Å²) in [5, 5.41) is 4.48. The minimum atomic E-state index is 0.0347. The topological polar surface area (TPSA) is 41.1 Å². The summed E-state index contributed by atoms with van der Waals surface area (Å²) in [5.74, 6) is 0.951. The van der Waals surface area contributed by atoms with Crippen LogP contribution in [0.3, 0.4) is 0 Å². The second kappa shape index (κ2) is 4.21. The molecule has 1 fully saturated rings. The van der Waals surface area contributed by atoms with Crippen molar-refractivity contribution in [2.24, 2.45) is 0 Å². The van der Waals surface area contributed by atoms with Crippen LogP contribution in [-0.2, 0) is 5.41 Å². The number of hydrogen-bond acceptors (Lipinski definition) is 5. The van der Waals surface area contributed by atoms with Gasteiger partial charge in [0.1, 0.15) is 5.82 Å². The first-order valence-electron chi connectivity index (χ1n) is 6.13. The summed E-state index contributed by atoms with van der Waals surface area (Å²) < 4.78 is 4.50. The van der Waals surface area contributed by atoms with Crippen molar-refractivity contribution in [3.05, 3.63) is 5.82 Å². The average molecular weight is 254 g/mol. The molecule has 0 saturated carbocycles. The van der Waals surface area contributed by atoms with Gasteiger partial charge in [0.05, 0.1) is 0 Å². The van der Waals surface area contributed by atoms with Crippen molar-refractivity contribution >= 4 is 16.7 Å². The lowest BCUT2D eigenvalue weighted by Gasteiger charge is -2.42. The molecule has 0 bridgehead atoms. The summed E-state index contributed by atoms with van der Waals surface area (Å²) in [6.07, 6.45) is 0. The van der Waals surface area contributed by atoms with Gasteiger partial charge in [-0.2, -0.15) is 4.37 Å². The van der Waals surface area contributed by atoms with E-state index in [2.05, 4.69) is 49.2 Å². The van der Waals surface area contributed by atoms with Crippen LogP contribution in [0.5, 0.6) is 0 Å². The largest absolute Gasteiger partial charge is 0.339 e. The van der Waals surface area contributed by atoms with Crippen LogP contribution in [0, 0.1) is 0 Å². The van der Waals surface area contributed by atoms with Gasteiger partial charge < -0.3 is 10.2 Å². The van der Waals surface area contributed by atoms with Crippen LogP contribution in [0.15, 0.2) is 0 Å². The molecule has 0 spiro atoms. The van der Waals surface area contributed by atoms with Crippen molar-refractivity contribution < 1.29 is 0 Å². The lowest BCUT2D eigenvalue weighted by molar-refractivity contribution is 0.379. The molecule has 1 N–H and O–H groups in total. The second-order valence-electron chi connectivity index (χ2n) is 6.29. The van der Waals surface area contributed by atoms with Crippen LogP contribution in [0.1, 0.15) is 40.4 Å². The first-order valence-corrected chi connectivity index (χ1v) is 6.91. The summed E-state index contributed by atoms with van der Waals surface area (Å²) in [6, 6.07) is 0. The Morgan fingerprint density at radius 1 is 1.35 bits per heavy atom. The van der Waals surface area contributed by atoms with Crippen molar-refractivity contribution in [1.82, 2.24) is 14.7 Å². The molecule has 1 aromatic heterocycles. The van der Waals surface area contributed by atoms with Crippen LogP contribution in [0.25, 0.3) is 0 Å². The van der Waals surface area contributed by atoms with E-state index in [4.69, 9.17) is 4.98 Å². The Bertz CT molecular complexity index is 391. The molecule has 1 aromatic rings. The molecule has 0 aliphatic carbocycles. The zero-order valence-electron chi connectivity index (χ0n) is 11.4. The van der Waals surface area contributed by atoms with Gasteiger partial charge in [0.2, 0.25) is 5.13 Å². The van der Waals surface area contributed by atoms with E-state index in [-0.39, 0.29) is 11.0 Å². The van der Waals surface area contributed by atoms with E-state index in [0.29, 0.717) is 0 Å². The van der Waals surface area contributed by atoms with Gasteiger partial charge in [0.25, 0.3) is 0 Å². The summed E-state index contributed by atoms with van der Waals surface area (Å²) >= 11 is 1.52. The third kappa shape index (κ3) is 2.60. The number of anilines is 1. The highest BCUT2D eigenvalue weighted by atomic mass is 32.1. The smallest absolute Gasteiger partial charge is 0.205 e. The van der Waals surface area contributed by atoms with E-state index >= 15 is 0 Å². The molecular formula is C12H22N4S. The van der Waals surface area contributed by atoms with Crippen LogP contribution >= 0.6 is 11.5 Å². The molecular weight excluding hydrogens is 232 g/mol. The third-order valence-corrected chi connectivity index (χ3v) is 3.86. The van der Waals surface area contributed by atoms with Crippen molar-refractivity contribution in [1.29, 1.82) is 0 Å². The maximum Gasteiger partial charge on any atom is 0.205 e. The van der Waals surface area contributed by atoms with Gasteiger partial charge in [-0.25, -0.2) is 4.98 Å². The van der Waals surface area contributed by atoms with E-state index in [9.17, 15) is 0 Å². The normalized spacial score (nSPS) is 20.6. The van der Waals surface area contributed by atoms with E-state index in [1.54, 1.807) is 0 Å². The van der Waals surface area contributed by atoms with Gasteiger partial charge in [-0.1, -0.05) is 20.8 Å². The van der Waals surface area contributed by atoms with Crippen LogP contribution in [0.2, 0.25) is 0 Å². The van der Waals surface area contributed by atoms with Crippen molar-refractivity contribution in [2.75, 3.05) is 24.5 Å². The van der Waals surface area contributed by atoms with Crippen LogP contribution < -0.4 is 10.2 Å². The maximum atomic E-state index is 4.71. The predicted octanol–water partition coefficient (Wildman–Crippen LogP) is 2.02. The molecule has 5 heteroatoms. The lowest BCUT2D eigenvalue weighted by Crippen LogP contribution is -2.58. The SMILES string of the molecule is CC(C)(C)c1nsc(N2CCNCC2(C)C)n1. The van der Waals surface area contributed by atoms with E-state index in [1.807, 2.05) is 0 Å². The molecule has 0 atom stereocenters. The Morgan fingerprint density at radius 2 is 2.06 bits per heavy atom. The van der Waals surface area contributed by atoms with Crippen LogP contribution in [-0.4, -0.2) is 34.5 Å². The molecule has 2 heterocycles. The third-order valence-electron chi connectivity index (χ3n) is 3.12. The van der Waals surface area contributed by atoms with Crippen LogP contribution in [0.4, 0.5) is 5.13 Å². The quantitative estimate of drug-likeness (QED) is 0.832. The number of hydrogen-bond donors (Lipinski definition) is 1. The van der Waals surface area contributed by atoms with Gasteiger partial charge in [-0.05, 0) is 13.8 Å². The van der Waals surface area contributed by atoms with E-state index in [1.165, 1.54) is 11.5 Å². The zero-order valence-corrected chi connectivity index (χ0v) is 12.2. The molecule has 1 saturated heterocycles. The average Bonchev–Trinajstić information content (AvgIpc) is 2.65. The Kier molecular flexibility index (Phi) is 3.16. The first-order chi connectivity index (χ1) is 7.81. The molecule has 0 amide bonds. The minimum Gasteiger partial charge on any atom is -0.339 e. The fourth-order valence-electron chi connectivity index (χ4n) is 1.97. The highest BCUT2D eigenvalue weighted by Gasteiger charge is 2.32. The van der Waals surface area contributed by atoms with Crippen molar-refractivity contribution in [3.63, 3.8) is 0 Å². The van der Waals surface area contributed by atoms with Gasteiger partial charge in [0, 0.05) is 42.1 Å². The number of piperazine rings is 1. The second-order valence-corrected chi connectivity index (χ2v) is 7.02. The maximum absolute atomic E-state index is 4.71. The molecule has 1 aliphatic rings. The Hall–Kier alpha value is -0.680. The number of rotatable bonds is 1. The predicted molar refractivity (Wildman–Crippen MR) is 72.9 cm³/mol.